The molecule has 0 aliphatic carbocycles. The van der Waals surface area contributed by atoms with Crippen molar-refractivity contribution in [3.63, 3.8) is 0 Å². The zero-order chi connectivity index (χ0) is 33.2. The Bertz CT molecular complexity index is 1130. The summed E-state index contributed by atoms with van der Waals surface area (Å²) in [5, 5.41) is 0. The van der Waals surface area contributed by atoms with Crippen LogP contribution in [0.5, 0.6) is 11.5 Å². The highest BCUT2D eigenvalue weighted by Gasteiger charge is 2.13. The van der Waals surface area contributed by atoms with E-state index in [0.717, 1.165) is 44.3 Å². The summed E-state index contributed by atoms with van der Waals surface area (Å²) in [6.45, 7) is 9.42. The SMILES string of the molecule is C=CC(=O)OCCCCCCCCCCCCOc1ccc(C(=O)Oc2ccc(C(=O)OCC(C)OCCCCCC)cc2)cc1. The fraction of sp³-hybridized carbons (Fsp3) is 0.553. The maximum absolute atomic E-state index is 12.6. The normalized spacial score (nSPS) is 11.4. The van der Waals surface area contributed by atoms with E-state index in [0.29, 0.717) is 36.7 Å². The lowest BCUT2D eigenvalue weighted by Crippen LogP contribution is -2.19. The van der Waals surface area contributed by atoms with Crippen LogP contribution in [0.4, 0.5) is 0 Å². The van der Waals surface area contributed by atoms with E-state index < -0.39 is 11.9 Å². The fourth-order valence-corrected chi connectivity index (χ4v) is 4.69. The fourth-order valence-electron chi connectivity index (χ4n) is 4.69. The average molecular weight is 639 g/mol. The van der Waals surface area contributed by atoms with Crippen molar-refractivity contribution < 1.29 is 38.1 Å². The van der Waals surface area contributed by atoms with Crippen molar-refractivity contribution in [3.05, 3.63) is 72.3 Å². The van der Waals surface area contributed by atoms with Gasteiger partial charge in [-0.2, -0.15) is 0 Å². The largest absolute Gasteiger partial charge is 0.494 e. The quantitative estimate of drug-likeness (QED) is 0.0436. The summed E-state index contributed by atoms with van der Waals surface area (Å²) < 4.78 is 27.3. The number of hydrogen-bond donors (Lipinski definition) is 0. The Morgan fingerprint density at radius 1 is 0.630 bits per heavy atom. The molecule has 0 saturated heterocycles. The van der Waals surface area contributed by atoms with Gasteiger partial charge in [0.25, 0.3) is 0 Å². The van der Waals surface area contributed by atoms with Gasteiger partial charge in [0.15, 0.2) is 0 Å². The molecule has 1 unspecified atom stereocenters. The smallest absolute Gasteiger partial charge is 0.343 e. The first kappa shape index (κ1) is 38.5. The van der Waals surface area contributed by atoms with Crippen molar-refractivity contribution >= 4 is 17.9 Å². The van der Waals surface area contributed by atoms with Gasteiger partial charge in [-0.15, -0.1) is 0 Å². The van der Waals surface area contributed by atoms with E-state index in [1.54, 1.807) is 48.5 Å². The van der Waals surface area contributed by atoms with Crippen molar-refractivity contribution in [3.8, 4) is 11.5 Å². The molecule has 2 aromatic carbocycles. The molecule has 0 radical (unpaired) electrons. The third-order valence-corrected chi connectivity index (χ3v) is 7.46. The molecule has 254 valence electrons. The van der Waals surface area contributed by atoms with E-state index in [-0.39, 0.29) is 18.7 Å². The van der Waals surface area contributed by atoms with Crippen LogP contribution in [-0.2, 0) is 19.0 Å². The van der Waals surface area contributed by atoms with Gasteiger partial charge in [0.05, 0.1) is 30.4 Å². The van der Waals surface area contributed by atoms with Gasteiger partial charge in [-0.3, -0.25) is 0 Å². The Hall–Kier alpha value is -3.65. The highest BCUT2D eigenvalue weighted by atomic mass is 16.6. The summed E-state index contributed by atoms with van der Waals surface area (Å²) in [5.74, 6) is -0.214. The molecule has 0 N–H and O–H groups in total. The maximum atomic E-state index is 12.6. The van der Waals surface area contributed by atoms with E-state index >= 15 is 0 Å². The molecule has 8 nitrogen and oxygen atoms in total. The molecule has 46 heavy (non-hydrogen) atoms. The summed E-state index contributed by atoms with van der Waals surface area (Å²) in [7, 11) is 0. The Labute approximate surface area is 275 Å². The zero-order valence-corrected chi connectivity index (χ0v) is 28.0. The number of carbonyl (C=O) groups is 3. The Morgan fingerprint density at radius 3 is 1.72 bits per heavy atom. The second kappa shape index (κ2) is 24.6. The van der Waals surface area contributed by atoms with E-state index in [1.165, 1.54) is 57.4 Å². The third kappa shape index (κ3) is 17.7. The highest BCUT2D eigenvalue weighted by Crippen LogP contribution is 2.18. The van der Waals surface area contributed by atoms with Crippen LogP contribution in [0.3, 0.4) is 0 Å². The summed E-state index contributed by atoms with van der Waals surface area (Å²) in [6, 6.07) is 13.2. The van der Waals surface area contributed by atoms with E-state index in [4.69, 9.17) is 23.7 Å². The van der Waals surface area contributed by atoms with Crippen LogP contribution in [0.15, 0.2) is 61.2 Å². The van der Waals surface area contributed by atoms with Crippen LogP contribution in [-0.4, -0.2) is 50.4 Å². The van der Waals surface area contributed by atoms with Gasteiger partial charge in [-0.05, 0) is 74.7 Å². The van der Waals surface area contributed by atoms with Crippen LogP contribution in [0.1, 0.15) is 124 Å². The first-order valence-corrected chi connectivity index (χ1v) is 17.1. The van der Waals surface area contributed by atoms with Crippen molar-refractivity contribution in [2.45, 2.75) is 110 Å². The molecule has 2 aromatic rings. The minimum atomic E-state index is -0.485. The van der Waals surface area contributed by atoms with Crippen LogP contribution in [0.25, 0.3) is 0 Å². The molecule has 0 aromatic heterocycles. The van der Waals surface area contributed by atoms with Gasteiger partial charge < -0.3 is 23.7 Å². The standard InChI is InChI=1S/C38H54O8/c1-4-6-7-16-27-42-31(3)30-45-37(40)32-21-25-35(26-22-32)46-38(41)33-19-23-34(24-20-33)43-28-17-14-12-10-8-9-11-13-15-18-29-44-36(39)5-2/h5,19-26,31H,2,4,6-18,27-30H2,1,3H3. The van der Waals surface area contributed by atoms with Gasteiger partial charge >= 0.3 is 17.9 Å². The Kier molecular flexibility index (Phi) is 20.6. The molecule has 0 aliphatic heterocycles. The minimum absolute atomic E-state index is 0.167. The van der Waals surface area contributed by atoms with Crippen molar-refractivity contribution in [1.29, 1.82) is 0 Å². The third-order valence-electron chi connectivity index (χ3n) is 7.46. The Balaban J connectivity index is 1.54. The van der Waals surface area contributed by atoms with E-state index in [1.807, 2.05) is 6.92 Å². The number of unbranched alkanes of at least 4 members (excludes halogenated alkanes) is 12. The predicted octanol–water partition coefficient (Wildman–Crippen LogP) is 9.06. The summed E-state index contributed by atoms with van der Waals surface area (Å²) in [6.07, 6.45) is 17.0. The summed E-state index contributed by atoms with van der Waals surface area (Å²) in [5.41, 5.74) is 0.793. The second-order valence-electron chi connectivity index (χ2n) is 11.5. The van der Waals surface area contributed by atoms with Gasteiger partial charge in [0, 0.05) is 12.7 Å². The van der Waals surface area contributed by atoms with E-state index in [9.17, 15) is 14.4 Å². The van der Waals surface area contributed by atoms with Crippen LogP contribution in [0.2, 0.25) is 0 Å². The first-order valence-electron chi connectivity index (χ1n) is 17.1. The number of hydrogen-bond acceptors (Lipinski definition) is 8. The maximum Gasteiger partial charge on any atom is 0.343 e. The number of rotatable bonds is 26. The minimum Gasteiger partial charge on any atom is -0.494 e. The van der Waals surface area contributed by atoms with Crippen molar-refractivity contribution in [1.82, 2.24) is 0 Å². The molecule has 0 spiro atoms. The van der Waals surface area contributed by atoms with Gasteiger partial charge in [-0.25, -0.2) is 14.4 Å². The lowest BCUT2D eigenvalue weighted by atomic mass is 10.1. The van der Waals surface area contributed by atoms with Gasteiger partial charge in [0.1, 0.15) is 18.1 Å². The predicted molar refractivity (Wildman–Crippen MR) is 181 cm³/mol. The molecule has 8 heteroatoms. The molecule has 0 aliphatic rings. The number of benzene rings is 2. The van der Waals surface area contributed by atoms with Crippen molar-refractivity contribution in [2.24, 2.45) is 0 Å². The molecular weight excluding hydrogens is 584 g/mol. The molecule has 1 atom stereocenters. The topological polar surface area (TPSA) is 97.4 Å². The first-order chi connectivity index (χ1) is 22.4. The number of ether oxygens (including phenoxy) is 5. The molecule has 0 heterocycles. The van der Waals surface area contributed by atoms with Gasteiger partial charge in [0.2, 0.25) is 0 Å². The lowest BCUT2D eigenvalue weighted by Gasteiger charge is -2.13. The van der Waals surface area contributed by atoms with Crippen molar-refractivity contribution in [2.75, 3.05) is 26.4 Å². The number of esters is 3. The summed E-state index contributed by atoms with van der Waals surface area (Å²) >= 11 is 0. The molecule has 0 bridgehead atoms. The molecule has 0 saturated carbocycles. The lowest BCUT2D eigenvalue weighted by molar-refractivity contribution is -0.137. The molecule has 2 rings (SSSR count). The zero-order valence-electron chi connectivity index (χ0n) is 28.0. The molecule has 0 amide bonds. The Morgan fingerprint density at radius 2 is 1.13 bits per heavy atom. The van der Waals surface area contributed by atoms with Crippen LogP contribution < -0.4 is 9.47 Å². The monoisotopic (exact) mass is 638 g/mol. The highest BCUT2D eigenvalue weighted by molar-refractivity contribution is 5.92. The van der Waals surface area contributed by atoms with Gasteiger partial charge in [-0.1, -0.05) is 84.1 Å². The average Bonchev–Trinajstić information content (AvgIpc) is 3.07. The van der Waals surface area contributed by atoms with Crippen LogP contribution in [0, 0.1) is 0 Å². The summed E-state index contributed by atoms with van der Waals surface area (Å²) in [4.78, 5) is 35.9. The molecular formula is C38H54O8. The van der Waals surface area contributed by atoms with E-state index in [2.05, 4.69) is 13.5 Å². The molecule has 0 fully saturated rings. The van der Waals surface area contributed by atoms with Crippen LogP contribution >= 0.6 is 0 Å². The second-order valence-corrected chi connectivity index (χ2v) is 11.5. The number of carbonyl (C=O) groups excluding carboxylic acids is 3.